The minimum absolute atomic E-state index is 0.222. The average Bonchev–Trinajstić information content (AvgIpc) is 3.37. The lowest BCUT2D eigenvalue weighted by atomic mass is 9.90. The van der Waals surface area contributed by atoms with E-state index >= 15 is 0 Å². The molecule has 2 aromatic rings. The number of nitro benzene ring substituents is 1. The number of nitrogens with one attached hydrogen (secondary N) is 1. The molecule has 0 aliphatic rings. The van der Waals surface area contributed by atoms with Gasteiger partial charge in [-0.25, -0.2) is 4.79 Å². The Labute approximate surface area is 231 Å². The average molecular weight is 560 g/mol. The largest absolute Gasteiger partial charge is 0.468 e. The lowest BCUT2D eigenvalue weighted by Gasteiger charge is -2.28. The van der Waals surface area contributed by atoms with E-state index in [0.29, 0.717) is 23.2 Å². The minimum Gasteiger partial charge on any atom is -0.468 e. The Morgan fingerprint density at radius 1 is 1.20 bits per heavy atom. The van der Waals surface area contributed by atoms with Gasteiger partial charge in [0.1, 0.15) is 17.2 Å². The number of carbonyl (C=O) groups is 3. The van der Waals surface area contributed by atoms with Crippen molar-refractivity contribution in [1.82, 2.24) is 15.1 Å². The number of esters is 2. The fraction of sp³-hybridized carbons (Fsp3) is 0.500. The molecular weight excluding hydrogens is 526 g/mol. The zero-order valence-corrected chi connectivity index (χ0v) is 23.5. The van der Waals surface area contributed by atoms with Crippen molar-refractivity contribution < 1.29 is 38.3 Å². The van der Waals surface area contributed by atoms with Crippen molar-refractivity contribution in [3.63, 3.8) is 0 Å². The summed E-state index contributed by atoms with van der Waals surface area (Å²) < 4.78 is 20.5. The number of aromatic amines is 1. The first kappa shape index (κ1) is 31.7. The van der Waals surface area contributed by atoms with E-state index in [1.807, 2.05) is 6.92 Å². The van der Waals surface area contributed by atoms with Crippen LogP contribution < -0.4 is 0 Å². The van der Waals surface area contributed by atoms with Crippen LogP contribution in [0, 0.1) is 21.4 Å². The topological polar surface area (TPSA) is 187 Å². The molecule has 0 bridgehead atoms. The van der Waals surface area contributed by atoms with Gasteiger partial charge in [0.15, 0.2) is 5.92 Å². The van der Waals surface area contributed by atoms with E-state index in [1.165, 1.54) is 23.2 Å². The standard InChI is InChI=1S/C26H33N5O9/c1-15(30(5)25(34)40-26(2,3)4)14-39-9-8-20-19(13-28-29-20)16-10-17(12-27)22(31(35)36)18(11-16)21(23(32)37-6)24(33)38-7/h10-11,13,15,21H,8-9,14H2,1-7H3,(H,28,29)/t15-/m1/s1. The number of hydrogen-bond acceptors (Lipinski definition) is 11. The lowest BCUT2D eigenvalue weighted by molar-refractivity contribution is -0.385. The predicted molar refractivity (Wildman–Crippen MR) is 140 cm³/mol. The first-order chi connectivity index (χ1) is 18.7. The van der Waals surface area contributed by atoms with Gasteiger partial charge in [-0.1, -0.05) is 0 Å². The molecule has 14 heteroatoms. The third-order valence-corrected chi connectivity index (χ3v) is 5.85. The summed E-state index contributed by atoms with van der Waals surface area (Å²) in [6.07, 6.45) is 1.30. The van der Waals surface area contributed by atoms with Crippen LogP contribution in [0.25, 0.3) is 11.1 Å². The highest BCUT2D eigenvalue weighted by molar-refractivity contribution is 6.02. The van der Waals surface area contributed by atoms with E-state index < -0.39 is 40.2 Å². The summed E-state index contributed by atoms with van der Waals surface area (Å²) >= 11 is 0. The summed E-state index contributed by atoms with van der Waals surface area (Å²) in [4.78, 5) is 49.6. The number of nitriles is 1. The molecule has 2 rings (SSSR count). The van der Waals surface area contributed by atoms with Gasteiger partial charge in [0, 0.05) is 24.7 Å². The zero-order valence-electron chi connectivity index (χ0n) is 23.5. The molecule has 1 amide bonds. The number of carbonyl (C=O) groups excluding carboxylic acids is 3. The van der Waals surface area contributed by atoms with Crippen molar-refractivity contribution in [1.29, 1.82) is 5.26 Å². The second kappa shape index (κ2) is 13.5. The van der Waals surface area contributed by atoms with Crippen LogP contribution in [0.5, 0.6) is 0 Å². The number of likely N-dealkylation sites (N-methyl/N-ethyl adjacent to an activating group) is 1. The normalized spacial score (nSPS) is 11.9. The molecule has 0 fully saturated rings. The van der Waals surface area contributed by atoms with E-state index in [0.717, 1.165) is 14.2 Å². The molecule has 0 aliphatic carbocycles. The summed E-state index contributed by atoms with van der Waals surface area (Å²) in [6.45, 7) is 7.59. The number of H-pyrrole nitrogens is 1. The molecule has 1 aromatic carbocycles. The number of nitrogens with zero attached hydrogens (tertiary/aromatic N) is 4. The quantitative estimate of drug-likeness (QED) is 0.106. The van der Waals surface area contributed by atoms with Crippen molar-refractivity contribution in [3.8, 4) is 17.2 Å². The van der Waals surface area contributed by atoms with Gasteiger partial charge in [-0.3, -0.25) is 24.8 Å². The van der Waals surface area contributed by atoms with E-state index in [9.17, 15) is 29.8 Å². The number of aromatic nitrogens is 2. The fourth-order valence-corrected chi connectivity index (χ4v) is 3.71. The van der Waals surface area contributed by atoms with E-state index in [1.54, 1.807) is 33.9 Å². The summed E-state index contributed by atoms with van der Waals surface area (Å²) in [5.41, 5.74) is -0.689. The second-order valence-electron chi connectivity index (χ2n) is 9.84. The number of hydrogen-bond donors (Lipinski definition) is 1. The SMILES string of the molecule is COC(=O)C(C(=O)OC)c1cc(-c2cn[nH]c2CCOC[C@@H](C)N(C)C(=O)OC(C)(C)C)cc(C#N)c1[N+](=O)[O-]. The Hall–Kier alpha value is -4.51. The van der Waals surface area contributed by atoms with Crippen LogP contribution in [-0.2, 0) is 35.0 Å². The lowest BCUT2D eigenvalue weighted by Crippen LogP contribution is -2.41. The van der Waals surface area contributed by atoms with E-state index in [-0.39, 0.29) is 30.4 Å². The highest BCUT2D eigenvalue weighted by Gasteiger charge is 2.38. The van der Waals surface area contributed by atoms with Crippen molar-refractivity contribution in [2.75, 3.05) is 34.5 Å². The highest BCUT2D eigenvalue weighted by atomic mass is 16.6. The highest BCUT2D eigenvalue weighted by Crippen LogP contribution is 2.37. The predicted octanol–water partition coefficient (Wildman–Crippen LogP) is 3.10. The van der Waals surface area contributed by atoms with Crippen molar-refractivity contribution in [2.24, 2.45) is 0 Å². The molecular formula is C26H33N5O9. The summed E-state index contributed by atoms with van der Waals surface area (Å²) in [7, 11) is 3.67. The minimum atomic E-state index is -1.79. The molecule has 1 atom stereocenters. The maximum Gasteiger partial charge on any atom is 0.410 e. The first-order valence-electron chi connectivity index (χ1n) is 12.2. The third kappa shape index (κ3) is 7.76. The van der Waals surface area contributed by atoms with E-state index in [2.05, 4.69) is 19.7 Å². The van der Waals surface area contributed by atoms with Gasteiger partial charge in [0.25, 0.3) is 5.69 Å². The zero-order chi connectivity index (χ0) is 30.2. The van der Waals surface area contributed by atoms with Gasteiger partial charge < -0.3 is 23.8 Å². The molecule has 0 aliphatic heterocycles. The van der Waals surface area contributed by atoms with Gasteiger partial charge in [-0.2, -0.15) is 10.4 Å². The Morgan fingerprint density at radius 3 is 2.35 bits per heavy atom. The maximum atomic E-state index is 12.4. The van der Waals surface area contributed by atoms with Gasteiger partial charge in [-0.15, -0.1) is 0 Å². The number of ether oxygens (including phenoxy) is 4. The van der Waals surface area contributed by atoms with Gasteiger partial charge in [0.2, 0.25) is 0 Å². The number of amides is 1. The van der Waals surface area contributed by atoms with Crippen LogP contribution in [0.15, 0.2) is 18.3 Å². The summed E-state index contributed by atoms with van der Waals surface area (Å²) in [6, 6.07) is 4.03. The first-order valence-corrected chi connectivity index (χ1v) is 12.2. The molecule has 40 heavy (non-hydrogen) atoms. The van der Waals surface area contributed by atoms with Crippen LogP contribution in [0.1, 0.15) is 50.4 Å². The van der Waals surface area contributed by atoms with Crippen molar-refractivity contribution >= 4 is 23.7 Å². The Kier molecular flexibility index (Phi) is 10.7. The van der Waals surface area contributed by atoms with Crippen LogP contribution in [0.2, 0.25) is 0 Å². The fourth-order valence-electron chi connectivity index (χ4n) is 3.71. The van der Waals surface area contributed by atoms with Crippen LogP contribution in [-0.4, -0.2) is 84.2 Å². The van der Waals surface area contributed by atoms with Crippen molar-refractivity contribution in [3.05, 3.63) is 45.3 Å². The van der Waals surface area contributed by atoms with Gasteiger partial charge >= 0.3 is 18.0 Å². The molecule has 14 nitrogen and oxygen atoms in total. The molecule has 0 radical (unpaired) electrons. The molecule has 1 aromatic heterocycles. The molecule has 0 unspecified atom stereocenters. The molecule has 0 saturated carbocycles. The maximum absolute atomic E-state index is 12.4. The van der Waals surface area contributed by atoms with E-state index in [4.69, 9.17) is 9.47 Å². The van der Waals surface area contributed by atoms with Crippen molar-refractivity contribution in [2.45, 2.75) is 51.7 Å². The Balaban J connectivity index is 2.31. The van der Waals surface area contributed by atoms with Crippen LogP contribution in [0.4, 0.5) is 10.5 Å². The Morgan fingerprint density at radius 2 is 1.82 bits per heavy atom. The monoisotopic (exact) mass is 559 g/mol. The molecule has 0 saturated heterocycles. The smallest absolute Gasteiger partial charge is 0.410 e. The summed E-state index contributed by atoms with van der Waals surface area (Å²) in [5.74, 6) is -3.95. The number of methoxy groups -OCH3 is 2. The second-order valence-corrected chi connectivity index (χ2v) is 9.84. The van der Waals surface area contributed by atoms with Gasteiger partial charge in [-0.05, 0) is 45.4 Å². The number of rotatable bonds is 11. The summed E-state index contributed by atoms with van der Waals surface area (Å²) in [5, 5.41) is 28.4. The number of benzene rings is 1. The third-order valence-electron chi connectivity index (χ3n) is 5.85. The van der Waals surface area contributed by atoms with Gasteiger partial charge in [0.05, 0.1) is 50.2 Å². The molecule has 216 valence electrons. The molecule has 1 N–H and O–H groups in total. The molecule has 1 heterocycles. The molecule has 0 spiro atoms. The van der Waals surface area contributed by atoms with Crippen LogP contribution >= 0.6 is 0 Å². The Bertz CT molecular complexity index is 1280. The number of nitro groups is 1. The van der Waals surface area contributed by atoms with Crippen LogP contribution in [0.3, 0.4) is 0 Å².